The van der Waals surface area contributed by atoms with Crippen molar-refractivity contribution in [2.45, 2.75) is 12.5 Å². The zero-order valence-corrected chi connectivity index (χ0v) is 10.6. The molecule has 108 valence electrons. The molecular weight excluding hydrogens is 271 g/mol. The maximum absolute atomic E-state index is 13.4. The number of amides is 2. The van der Waals surface area contributed by atoms with Gasteiger partial charge >= 0.3 is 5.97 Å². The topological polar surface area (TPSA) is 119 Å². The van der Waals surface area contributed by atoms with E-state index in [-0.39, 0.29) is 11.3 Å². The van der Waals surface area contributed by atoms with E-state index in [1.165, 1.54) is 19.2 Å². The molecule has 0 aromatic heterocycles. The molecule has 7 nitrogen and oxygen atoms in total. The number of aliphatic carboxylic acids is 1. The summed E-state index contributed by atoms with van der Waals surface area (Å²) in [5.74, 6) is -3.93. The second kappa shape index (κ2) is 6.50. The van der Waals surface area contributed by atoms with Crippen molar-refractivity contribution in [1.82, 2.24) is 5.32 Å². The molecule has 20 heavy (non-hydrogen) atoms. The van der Waals surface area contributed by atoms with Crippen LogP contribution in [-0.4, -0.2) is 36.0 Å². The minimum atomic E-state index is -1.47. The summed E-state index contributed by atoms with van der Waals surface area (Å²) in [4.78, 5) is 33.3. The lowest BCUT2D eigenvalue weighted by Crippen LogP contribution is -2.43. The molecule has 0 saturated carbocycles. The molecule has 1 rings (SSSR count). The van der Waals surface area contributed by atoms with Gasteiger partial charge in [0, 0.05) is 5.56 Å². The van der Waals surface area contributed by atoms with Crippen LogP contribution in [0.1, 0.15) is 16.8 Å². The van der Waals surface area contributed by atoms with E-state index in [2.05, 4.69) is 10.1 Å². The van der Waals surface area contributed by atoms with Crippen LogP contribution in [0.15, 0.2) is 18.2 Å². The Morgan fingerprint density at radius 2 is 2.10 bits per heavy atom. The lowest BCUT2D eigenvalue weighted by molar-refractivity contribution is -0.140. The van der Waals surface area contributed by atoms with Crippen molar-refractivity contribution in [3.8, 4) is 5.75 Å². The fourth-order valence-electron chi connectivity index (χ4n) is 1.45. The average molecular weight is 284 g/mol. The normalized spacial score (nSPS) is 11.5. The quantitative estimate of drug-likeness (QED) is 0.673. The van der Waals surface area contributed by atoms with Crippen LogP contribution in [0.4, 0.5) is 4.39 Å². The summed E-state index contributed by atoms with van der Waals surface area (Å²) < 4.78 is 18.1. The first-order valence-electron chi connectivity index (χ1n) is 5.50. The van der Waals surface area contributed by atoms with Crippen LogP contribution in [-0.2, 0) is 9.59 Å². The number of carboxylic acids is 1. The van der Waals surface area contributed by atoms with E-state index in [1.54, 1.807) is 0 Å². The van der Waals surface area contributed by atoms with E-state index in [0.717, 1.165) is 6.07 Å². The Bertz CT molecular complexity index is 547. The van der Waals surface area contributed by atoms with Crippen molar-refractivity contribution < 1.29 is 28.6 Å². The van der Waals surface area contributed by atoms with Crippen molar-refractivity contribution in [3.63, 3.8) is 0 Å². The number of nitrogens with one attached hydrogen (secondary N) is 1. The molecule has 0 spiro atoms. The average Bonchev–Trinajstić information content (AvgIpc) is 2.37. The summed E-state index contributed by atoms with van der Waals surface area (Å²) in [6.45, 7) is 0. The smallest absolute Gasteiger partial charge is 0.326 e. The number of methoxy groups -OCH3 is 1. The molecule has 2 amide bonds. The van der Waals surface area contributed by atoms with E-state index < -0.39 is 36.1 Å². The van der Waals surface area contributed by atoms with Crippen molar-refractivity contribution in [1.29, 1.82) is 0 Å². The van der Waals surface area contributed by atoms with Gasteiger partial charge in [0.25, 0.3) is 5.91 Å². The number of rotatable bonds is 6. The summed E-state index contributed by atoms with van der Waals surface area (Å²) in [6.07, 6.45) is -0.556. The number of halogens is 1. The van der Waals surface area contributed by atoms with Gasteiger partial charge in [-0.3, -0.25) is 9.59 Å². The SMILES string of the molecule is COc1ccc(C(=O)NC(CC(N)=O)C(=O)O)cc1F. The zero-order chi connectivity index (χ0) is 15.3. The Hall–Kier alpha value is -2.64. The van der Waals surface area contributed by atoms with Gasteiger partial charge in [-0.05, 0) is 18.2 Å². The largest absolute Gasteiger partial charge is 0.494 e. The van der Waals surface area contributed by atoms with Crippen molar-refractivity contribution in [3.05, 3.63) is 29.6 Å². The molecule has 1 aromatic carbocycles. The molecule has 8 heteroatoms. The molecule has 0 saturated heterocycles. The number of hydrogen-bond acceptors (Lipinski definition) is 4. The number of carbonyl (C=O) groups excluding carboxylic acids is 2. The van der Waals surface area contributed by atoms with Gasteiger partial charge in [0.1, 0.15) is 6.04 Å². The highest BCUT2D eigenvalue weighted by atomic mass is 19.1. The third-order valence-corrected chi connectivity index (χ3v) is 2.42. The maximum Gasteiger partial charge on any atom is 0.326 e. The van der Waals surface area contributed by atoms with Crippen molar-refractivity contribution >= 4 is 17.8 Å². The number of benzene rings is 1. The number of ether oxygens (including phenoxy) is 1. The van der Waals surface area contributed by atoms with E-state index in [9.17, 15) is 18.8 Å². The molecule has 1 atom stereocenters. The first-order chi connectivity index (χ1) is 9.35. The lowest BCUT2D eigenvalue weighted by Gasteiger charge is -2.13. The lowest BCUT2D eigenvalue weighted by atomic mass is 10.1. The van der Waals surface area contributed by atoms with E-state index >= 15 is 0 Å². The molecule has 4 N–H and O–H groups in total. The number of nitrogens with two attached hydrogens (primary N) is 1. The highest BCUT2D eigenvalue weighted by Gasteiger charge is 2.23. The van der Waals surface area contributed by atoms with Crippen molar-refractivity contribution in [2.75, 3.05) is 7.11 Å². The molecule has 1 unspecified atom stereocenters. The molecular formula is C12H13FN2O5. The maximum atomic E-state index is 13.4. The Kier molecular flexibility index (Phi) is 5.01. The summed E-state index contributed by atoms with van der Waals surface area (Å²) in [5, 5.41) is 10.9. The van der Waals surface area contributed by atoms with Crippen LogP contribution in [0.5, 0.6) is 5.75 Å². The Balaban J connectivity index is 2.86. The van der Waals surface area contributed by atoms with Gasteiger partial charge in [0.2, 0.25) is 5.91 Å². The number of carboxylic acid groups (broad SMARTS) is 1. The minimum absolute atomic E-state index is 0.0477. The standard InChI is InChI=1S/C12H13FN2O5/c1-20-9-3-2-6(4-7(9)13)11(17)15-8(12(18)19)5-10(14)16/h2-4,8H,5H2,1H3,(H2,14,16)(H,15,17)(H,18,19). The number of hydrogen-bond donors (Lipinski definition) is 3. The fraction of sp³-hybridized carbons (Fsp3) is 0.250. The Labute approximate surface area is 113 Å². The molecule has 0 radical (unpaired) electrons. The van der Waals surface area contributed by atoms with Gasteiger partial charge in [-0.2, -0.15) is 0 Å². The van der Waals surface area contributed by atoms with Gasteiger partial charge in [-0.1, -0.05) is 0 Å². The summed E-state index contributed by atoms with van der Waals surface area (Å²) in [5.41, 5.74) is 4.78. The van der Waals surface area contributed by atoms with Gasteiger partial charge < -0.3 is 20.9 Å². The van der Waals surface area contributed by atoms with E-state index in [1.807, 2.05) is 0 Å². The van der Waals surface area contributed by atoms with Gasteiger partial charge in [0.15, 0.2) is 11.6 Å². The second-order valence-electron chi connectivity index (χ2n) is 3.88. The molecule has 1 aromatic rings. The third kappa shape index (κ3) is 3.94. The minimum Gasteiger partial charge on any atom is -0.494 e. The van der Waals surface area contributed by atoms with Gasteiger partial charge in [-0.25, -0.2) is 9.18 Å². The molecule has 0 heterocycles. The first kappa shape index (κ1) is 15.4. The molecule has 0 fully saturated rings. The molecule has 0 bridgehead atoms. The van der Waals surface area contributed by atoms with Crippen molar-refractivity contribution in [2.24, 2.45) is 5.73 Å². The molecule has 0 aliphatic heterocycles. The summed E-state index contributed by atoms with van der Waals surface area (Å²) in [6, 6.07) is 1.93. The Morgan fingerprint density at radius 3 is 2.55 bits per heavy atom. The fourth-order valence-corrected chi connectivity index (χ4v) is 1.45. The monoisotopic (exact) mass is 284 g/mol. The van der Waals surface area contributed by atoms with Crippen LogP contribution in [0, 0.1) is 5.82 Å². The van der Waals surface area contributed by atoms with Crippen LogP contribution in [0.25, 0.3) is 0 Å². The molecule has 0 aliphatic rings. The molecule has 0 aliphatic carbocycles. The number of primary amides is 1. The van der Waals surface area contributed by atoms with E-state index in [0.29, 0.717) is 0 Å². The first-order valence-corrected chi connectivity index (χ1v) is 5.50. The van der Waals surface area contributed by atoms with Crippen LogP contribution in [0.3, 0.4) is 0 Å². The Morgan fingerprint density at radius 1 is 1.45 bits per heavy atom. The summed E-state index contributed by atoms with van der Waals surface area (Å²) >= 11 is 0. The van der Waals surface area contributed by atoms with Gasteiger partial charge in [-0.15, -0.1) is 0 Å². The predicted octanol–water partition coefficient (Wildman–Crippen LogP) is -0.107. The van der Waals surface area contributed by atoms with Crippen LogP contribution in [0.2, 0.25) is 0 Å². The second-order valence-corrected chi connectivity index (χ2v) is 3.88. The van der Waals surface area contributed by atoms with E-state index in [4.69, 9.17) is 10.8 Å². The third-order valence-electron chi connectivity index (χ3n) is 2.42. The summed E-state index contributed by atoms with van der Waals surface area (Å²) in [7, 11) is 1.27. The zero-order valence-electron chi connectivity index (χ0n) is 10.6. The predicted molar refractivity (Wildman–Crippen MR) is 65.7 cm³/mol. The number of carbonyl (C=O) groups is 3. The highest BCUT2D eigenvalue weighted by Crippen LogP contribution is 2.17. The highest BCUT2D eigenvalue weighted by molar-refractivity contribution is 5.97. The van der Waals surface area contributed by atoms with Gasteiger partial charge in [0.05, 0.1) is 13.5 Å². The van der Waals surface area contributed by atoms with Crippen LogP contribution < -0.4 is 15.8 Å². The van der Waals surface area contributed by atoms with Crippen LogP contribution >= 0.6 is 0 Å².